The van der Waals surface area contributed by atoms with Gasteiger partial charge in [0.15, 0.2) is 11.6 Å². The van der Waals surface area contributed by atoms with Crippen LogP contribution in [0.5, 0.6) is 17.2 Å². The van der Waals surface area contributed by atoms with E-state index in [9.17, 15) is 4.39 Å². The summed E-state index contributed by atoms with van der Waals surface area (Å²) in [6, 6.07) is 8.74. The van der Waals surface area contributed by atoms with Crippen LogP contribution in [0.1, 0.15) is 43.4 Å². The molecule has 0 fully saturated rings. The number of unbranched alkanes of at least 4 members (excludes halogenated alkanes) is 1. The number of ether oxygens (including phenoxy) is 3. The molecule has 0 aliphatic heterocycles. The van der Waals surface area contributed by atoms with Gasteiger partial charge in [-0.15, -0.1) is 0 Å². The lowest BCUT2D eigenvalue weighted by Gasteiger charge is -2.14. The SMILES string of the molecule is C/C=C/COc1cc(C)c(OCCCCOc2ccc(C(C)=NOC)cc2F)c(C)c1. The first-order valence-electron chi connectivity index (χ1n) is 10.4. The van der Waals surface area contributed by atoms with Crippen LogP contribution in [0, 0.1) is 19.7 Å². The van der Waals surface area contributed by atoms with Gasteiger partial charge in [-0.05, 0) is 82.0 Å². The van der Waals surface area contributed by atoms with E-state index in [0.717, 1.165) is 35.5 Å². The maximum Gasteiger partial charge on any atom is 0.165 e. The minimum atomic E-state index is -0.414. The van der Waals surface area contributed by atoms with Gasteiger partial charge in [0.1, 0.15) is 25.2 Å². The van der Waals surface area contributed by atoms with E-state index in [4.69, 9.17) is 19.0 Å². The van der Waals surface area contributed by atoms with E-state index in [0.29, 0.717) is 31.1 Å². The number of hydrogen-bond acceptors (Lipinski definition) is 5. The molecule has 0 unspecified atom stereocenters. The fraction of sp³-hybridized carbons (Fsp3) is 0.400. The molecule has 2 aromatic carbocycles. The molecule has 0 saturated carbocycles. The Morgan fingerprint density at radius 3 is 2.29 bits per heavy atom. The van der Waals surface area contributed by atoms with E-state index in [1.54, 1.807) is 19.1 Å². The Kier molecular flexibility index (Phi) is 9.88. The third kappa shape index (κ3) is 7.63. The van der Waals surface area contributed by atoms with Gasteiger partial charge in [0, 0.05) is 5.56 Å². The van der Waals surface area contributed by atoms with Crippen LogP contribution in [0.2, 0.25) is 0 Å². The lowest BCUT2D eigenvalue weighted by atomic mass is 10.1. The van der Waals surface area contributed by atoms with Crippen LogP contribution >= 0.6 is 0 Å². The monoisotopic (exact) mass is 429 g/mol. The number of rotatable bonds is 12. The van der Waals surface area contributed by atoms with Gasteiger partial charge in [-0.2, -0.15) is 0 Å². The molecule has 0 spiro atoms. The predicted octanol–water partition coefficient (Wildman–Crippen LogP) is 6.01. The van der Waals surface area contributed by atoms with Crippen molar-refractivity contribution in [2.75, 3.05) is 26.9 Å². The van der Waals surface area contributed by atoms with Crippen molar-refractivity contribution in [1.29, 1.82) is 0 Å². The number of aryl methyl sites for hydroxylation is 2. The Labute approximate surface area is 184 Å². The second-order valence-corrected chi connectivity index (χ2v) is 7.17. The number of hydrogen-bond donors (Lipinski definition) is 0. The lowest BCUT2D eigenvalue weighted by molar-refractivity contribution is 0.213. The molecule has 2 rings (SSSR count). The standard InChI is InChI=1S/C25H32FNO4/c1-6-7-12-29-22-15-18(2)25(19(3)16-22)31-14-9-8-13-30-24-11-10-21(17-23(24)26)20(4)27-28-5/h6-7,10-11,15-17H,8-9,12-14H2,1-5H3/b7-6+,27-20?. The van der Waals surface area contributed by atoms with Gasteiger partial charge in [-0.25, -0.2) is 4.39 Å². The minimum Gasteiger partial charge on any atom is -0.493 e. The van der Waals surface area contributed by atoms with Crippen molar-refractivity contribution in [2.24, 2.45) is 5.16 Å². The van der Waals surface area contributed by atoms with Crippen molar-refractivity contribution in [3.05, 3.63) is 65.0 Å². The van der Waals surface area contributed by atoms with Crippen molar-refractivity contribution in [3.8, 4) is 17.2 Å². The average Bonchev–Trinajstić information content (AvgIpc) is 2.73. The minimum absolute atomic E-state index is 0.232. The van der Waals surface area contributed by atoms with Crippen molar-refractivity contribution in [3.63, 3.8) is 0 Å². The molecule has 0 atom stereocenters. The molecular formula is C25H32FNO4. The summed E-state index contributed by atoms with van der Waals surface area (Å²) in [5, 5.41) is 3.81. The Hall–Kier alpha value is -3.02. The summed E-state index contributed by atoms with van der Waals surface area (Å²) < 4.78 is 31.4. The molecule has 0 saturated heterocycles. The van der Waals surface area contributed by atoms with Crippen molar-refractivity contribution < 1.29 is 23.4 Å². The summed E-state index contributed by atoms with van der Waals surface area (Å²) in [4.78, 5) is 4.72. The maximum absolute atomic E-state index is 14.2. The van der Waals surface area contributed by atoms with E-state index in [-0.39, 0.29) is 5.75 Å². The zero-order chi connectivity index (χ0) is 22.6. The van der Waals surface area contributed by atoms with E-state index in [1.165, 1.54) is 13.2 Å². The Bertz CT molecular complexity index is 885. The van der Waals surface area contributed by atoms with Crippen LogP contribution in [0.4, 0.5) is 4.39 Å². The predicted molar refractivity (Wildman–Crippen MR) is 122 cm³/mol. The summed E-state index contributed by atoms with van der Waals surface area (Å²) in [5.74, 6) is 1.54. The number of halogens is 1. The lowest BCUT2D eigenvalue weighted by Crippen LogP contribution is -2.05. The number of nitrogens with zero attached hydrogens (tertiary/aromatic N) is 1. The highest BCUT2D eigenvalue weighted by atomic mass is 19.1. The van der Waals surface area contributed by atoms with Crippen LogP contribution in [0.15, 0.2) is 47.6 Å². The molecule has 5 nitrogen and oxygen atoms in total. The molecule has 0 aliphatic rings. The molecule has 0 bridgehead atoms. The molecule has 0 N–H and O–H groups in total. The van der Waals surface area contributed by atoms with Crippen LogP contribution < -0.4 is 14.2 Å². The van der Waals surface area contributed by atoms with E-state index in [1.807, 2.05) is 45.1 Å². The fourth-order valence-electron chi connectivity index (χ4n) is 3.06. The largest absolute Gasteiger partial charge is 0.493 e. The highest BCUT2D eigenvalue weighted by Gasteiger charge is 2.09. The third-order valence-corrected chi connectivity index (χ3v) is 4.64. The molecule has 168 valence electrons. The van der Waals surface area contributed by atoms with Crippen LogP contribution in [-0.2, 0) is 4.84 Å². The molecule has 31 heavy (non-hydrogen) atoms. The summed E-state index contributed by atoms with van der Waals surface area (Å²) in [6.45, 7) is 9.29. The zero-order valence-electron chi connectivity index (χ0n) is 19.0. The normalized spacial score (nSPS) is 11.6. The molecule has 0 radical (unpaired) electrons. The second-order valence-electron chi connectivity index (χ2n) is 7.17. The summed E-state index contributed by atoms with van der Waals surface area (Å²) >= 11 is 0. The Morgan fingerprint density at radius 1 is 1.00 bits per heavy atom. The smallest absolute Gasteiger partial charge is 0.165 e. The van der Waals surface area contributed by atoms with Gasteiger partial charge >= 0.3 is 0 Å². The third-order valence-electron chi connectivity index (χ3n) is 4.64. The van der Waals surface area contributed by atoms with E-state index in [2.05, 4.69) is 5.16 Å². The van der Waals surface area contributed by atoms with Gasteiger partial charge in [0.25, 0.3) is 0 Å². The Balaban J connectivity index is 1.77. The molecule has 0 aliphatic carbocycles. The molecule has 0 heterocycles. The summed E-state index contributed by atoms with van der Waals surface area (Å²) in [7, 11) is 1.46. The maximum atomic E-state index is 14.2. The van der Waals surface area contributed by atoms with Gasteiger partial charge in [0.2, 0.25) is 0 Å². The fourth-order valence-corrected chi connectivity index (χ4v) is 3.06. The summed E-state index contributed by atoms with van der Waals surface area (Å²) in [6.07, 6.45) is 5.49. The first-order valence-corrected chi connectivity index (χ1v) is 10.4. The number of benzene rings is 2. The molecule has 2 aromatic rings. The molecule has 6 heteroatoms. The van der Waals surface area contributed by atoms with Crippen LogP contribution in [0.25, 0.3) is 0 Å². The molecule has 0 amide bonds. The van der Waals surface area contributed by atoms with Gasteiger partial charge in [-0.1, -0.05) is 17.3 Å². The van der Waals surface area contributed by atoms with Crippen molar-refractivity contribution >= 4 is 5.71 Å². The average molecular weight is 430 g/mol. The molecule has 0 aromatic heterocycles. The highest BCUT2D eigenvalue weighted by molar-refractivity contribution is 5.98. The topological polar surface area (TPSA) is 49.3 Å². The van der Waals surface area contributed by atoms with Gasteiger partial charge in [-0.3, -0.25) is 0 Å². The van der Waals surface area contributed by atoms with Crippen molar-refractivity contribution in [1.82, 2.24) is 0 Å². The van der Waals surface area contributed by atoms with Gasteiger partial charge in [0.05, 0.1) is 18.9 Å². The molecular weight excluding hydrogens is 397 g/mol. The number of allylic oxidation sites excluding steroid dienone is 1. The van der Waals surface area contributed by atoms with Crippen molar-refractivity contribution in [2.45, 2.75) is 40.5 Å². The van der Waals surface area contributed by atoms with Gasteiger partial charge < -0.3 is 19.0 Å². The summed E-state index contributed by atoms with van der Waals surface area (Å²) in [5.41, 5.74) is 3.35. The van der Waals surface area contributed by atoms with E-state index < -0.39 is 5.82 Å². The number of oxime groups is 1. The first kappa shape index (κ1) is 24.3. The zero-order valence-corrected chi connectivity index (χ0v) is 19.0. The highest BCUT2D eigenvalue weighted by Crippen LogP contribution is 2.28. The quantitative estimate of drug-likeness (QED) is 0.180. The Morgan fingerprint density at radius 2 is 1.68 bits per heavy atom. The van der Waals surface area contributed by atoms with Crippen LogP contribution in [-0.4, -0.2) is 32.6 Å². The van der Waals surface area contributed by atoms with Crippen LogP contribution in [0.3, 0.4) is 0 Å². The van der Waals surface area contributed by atoms with E-state index >= 15 is 0 Å². The second kappa shape index (κ2) is 12.6. The first-order chi connectivity index (χ1) is 15.0.